The molecule has 4 heteroatoms. The Morgan fingerprint density at radius 1 is 1.18 bits per heavy atom. The number of para-hydroxylation sites is 1. The normalized spacial score (nSPS) is 10.3. The minimum absolute atomic E-state index is 0.278. The Morgan fingerprint density at radius 2 is 1.94 bits per heavy atom. The molecule has 0 aliphatic heterocycles. The van der Waals surface area contributed by atoms with Gasteiger partial charge >= 0.3 is 0 Å². The summed E-state index contributed by atoms with van der Waals surface area (Å²) in [6.45, 7) is 1.94. The van der Waals surface area contributed by atoms with Crippen molar-refractivity contribution in [3.8, 4) is 0 Å². The number of nitrogen functional groups attached to an aromatic ring is 1. The van der Waals surface area contributed by atoms with Gasteiger partial charge in [0.05, 0.1) is 17.1 Å². The van der Waals surface area contributed by atoms with Crippen molar-refractivity contribution in [3.05, 3.63) is 52.3 Å². The Balaban J connectivity index is 2.35. The van der Waals surface area contributed by atoms with Gasteiger partial charge in [-0.15, -0.1) is 0 Å². The number of hydrogen-bond donors (Lipinski definition) is 2. The fourth-order valence-corrected chi connectivity index (χ4v) is 1.98. The Hall–Kier alpha value is -1.55. The highest BCUT2D eigenvalue weighted by molar-refractivity contribution is 9.10. The van der Waals surface area contributed by atoms with E-state index in [1.165, 1.54) is 12.1 Å². The van der Waals surface area contributed by atoms with Crippen LogP contribution in [0.1, 0.15) is 5.56 Å². The molecular formula is C13H12BrFN2. The van der Waals surface area contributed by atoms with Crippen LogP contribution in [-0.4, -0.2) is 0 Å². The number of nitrogens with two attached hydrogens (primary N) is 1. The molecule has 0 unspecified atom stereocenters. The molecular weight excluding hydrogens is 283 g/mol. The molecule has 2 aromatic carbocycles. The van der Waals surface area contributed by atoms with Gasteiger partial charge < -0.3 is 11.1 Å². The van der Waals surface area contributed by atoms with Crippen molar-refractivity contribution in [1.29, 1.82) is 0 Å². The van der Waals surface area contributed by atoms with Crippen LogP contribution in [0, 0.1) is 12.7 Å². The number of benzene rings is 2. The molecule has 2 rings (SSSR count). The first-order valence-corrected chi connectivity index (χ1v) is 5.94. The zero-order chi connectivity index (χ0) is 12.4. The Kier molecular flexibility index (Phi) is 3.33. The van der Waals surface area contributed by atoms with Crippen LogP contribution in [0.2, 0.25) is 0 Å². The molecule has 0 saturated heterocycles. The Bertz CT molecular complexity index is 555. The number of aryl methyl sites for hydroxylation is 1. The Labute approximate surface area is 108 Å². The first kappa shape index (κ1) is 11.9. The van der Waals surface area contributed by atoms with E-state index in [-0.39, 0.29) is 5.82 Å². The Morgan fingerprint density at radius 3 is 2.65 bits per heavy atom. The van der Waals surface area contributed by atoms with Crippen LogP contribution in [0.4, 0.5) is 21.5 Å². The van der Waals surface area contributed by atoms with E-state index in [2.05, 4.69) is 21.2 Å². The highest BCUT2D eigenvalue weighted by atomic mass is 79.9. The topological polar surface area (TPSA) is 38.0 Å². The number of hydrogen-bond acceptors (Lipinski definition) is 2. The molecule has 88 valence electrons. The summed E-state index contributed by atoms with van der Waals surface area (Å²) < 4.78 is 13.6. The molecule has 0 fully saturated rings. The van der Waals surface area contributed by atoms with Gasteiger partial charge in [0.15, 0.2) is 0 Å². The molecule has 0 aliphatic rings. The van der Waals surface area contributed by atoms with Crippen molar-refractivity contribution in [2.75, 3.05) is 11.1 Å². The average Bonchev–Trinajstić information content (AvgIpc) is 2.28. The van der Waals surface area contributed by atoms with Gasteiger partial charge in [-0.1, -0.05) is 12.1 Å². The van der Waals surface area contributed by atoms with Gasteiger partial charge in [0.25, 0.3) is 0 Å². The molecule has 2 nitrogen and oxygen atoms in total. The molecule has 0 spiro atoms. The maximum atomic E-state index is 12.9. The summed E-state index contributed by atoms with van der Waals surface area (Å²) in [5.41, 5.74) is 9.26. The van der Waals surface area contributed by atoms with E-state index in [0.717, 1.165) is 16.9 Å². The minimum atomic E-state index is -0.278. The van der Waals surface area contributed by atoms with Crippen LogP contribution in [0.25, 0.3) is 0 Å². The lowest BCUT2D eigenvalue weighted by molar-refractivity contribution is 0.627. The summed E-state index contributed by atoms with van der Waals surface area (Å²) in [5.74, 6) is -0.278. The van der Waals surface area contributed by atoms with E-state index < -0.39 is 0 Å². The van der Waals surface area contributed by atoms with Crippen molar-refractivity contribution >= 4 is 33.0 Å². The van der Waals surface area contributed by atoms with Crippen molar-refractivity contribution in [3.63, 3.8) is 0 Å². The molecule has 17 heavy (non-hydrogen) atoms. The number of anilines is 3. The molecule has 0 aliphatic carbocycles. The summed E-state index contributed by atoms with van der Waals surface area (Å²) in [6.07, 6.45) is 0. The molecule has 0 saturated carbocycles. The lowest BCUT2D eigenvalue weighted by atomic mass is 10.1. The highest BCUT2D eigenvalue weighted by Crippen LogP contribution is 2.30. The second-order valence-corrected chi connectivity index (χ2v) is 4.64. The van der Waals surface area contributed by atoms with Gasteiger partial charge in [0.1, 0.15) is 5.82 Å². The third-order valence-electron chi connectivity index (χ3n) is 2.52. The lowest BCUT2D eigenvalue weighted by Gasteiger charge is -2.12. The molecule has 3 N–H and O–H groups in total. The quantitative estimate of drug-likeness (QED) is 0.814. The zero-order valence-electron chi connectivity index (χ0n) is 9.30. The van der Waals surface area contributed by atoms with E-state index in [0.29, 0.717) is 10.2 Å². The number of rotatable bonds is 2. The third kappa shape index (κ3) is 2.58. The standard InChI is InChI=1S/C13H12BrFN2/c1-8-3-2-4-12(13(8)16)17-11-6-5-9(15)7-10(11)14/h2-7,17H,16H2,1H3. The molecule has 0 atom stereocenters. The minimum Gasteiger partial charge on any atom is -0.397 e. The number of nitrogens with one attached hydrogen (secondary N) is 1. The van der Waals surface area contributed by atoms with Crippen molar-refractivity contribution in [2.24, 2.45) is 0 Å². The lowest BCUT2D eigenvalue weighted by Crippen LogP contribution is -1.98. The van der Waals surface area contributed by atoms with E-state index in [1.807, 2.05) is 25.1 Å². The van der Waals surface area contributed by atoms with Crippen molar-refractivity contribution in [2.45, 2.75) is 6.92 Å². The van der Waals surface area contributed by atoms with E-state index in [4.69, 9.17) is 5.73 Å². The van der Waals surface area contributed by atoms with Crippen LogP contribution in [0.15, 0.2) is 40.9 Å². The highest BCUT2D eigenvalue weighted by Gasteiger charge is 2.05. The maximum Gasteiger partial charge on any atom is 0.124 e. The summed E-state index contributed by atoms with van der Waals surface area (Å²) in [7, 11) is 0. The van der Waals surface area contributed by atoms with E-state index >= 15 is 0 Å². The fourth-order valence-electron chi connectivity index (χ4n) is 1.53. The second-order valence-electron chi connectivity index (χ2n) is 3.79. The second kappa shape index (κ2) is 4.75. The smallest absolute Gasteiger partial charge is 0.124 e. The van der Waals surface area contributed by atoms with E-state index in [9.17, 15) is 4.39 Å². The molecule has 0 bridgehead atoms. The molecule has 2 aromatic rings. The molecule has 0 radical (unpaired) electrons. The first-order chi connectivity index (χ1) is 8.08. The number of halogens is 2. The maximum absolute atomic E-state index is 12.9. The predicted octanol–water partition coefficient (Wildman–Crippen LogP) is 4.22. The molecule has 0 amide bonds. The van der Waals surface area contributed by atoms with Crippen molar-refractivity contribution < 1.29 is 4.39 Å². The summed E-state index contributed by atoms with van der Waals surface area (Å²) in [4.78, 5) is 0. The van der Waals surface area contributed by atoms with Gasteiger partial charge in [-0.25, -0.2) is 4.39 Å². The first-order valence-electron chi connectivity index (χ1n) is 5.15. The van der Waals surface area contributed by atoms with Crippen LogP contribution in [-0.2, 0) is 0 Å². The van der Waals surface area contributed by atoms with Crippen molar-refractivity contribution in [1.82, 2.24) is 0 Å². The van der Waals surface area contributed by atoms with Gasteiger partial charge in [-0.05, 0) is 52.7 Å². The van der Waals surface area contributed by atoms with Crippen LogP contribution < -0.4 is 11.1 Å². The van der Waals surface area contributed by atoms with E-state index in [1.54, 1.807) is 6.07 Å². The SMILES string of the molecule is Cc1cccc(Nc2ccc(F)cc2Br)c1N. The van der Waals surface area contributed by atoms with Gasteiger partial charge in [-0.2, -0.15) is 0 Å². The monoisotopic (exact) mass is 294 g/mol. The van der Waals surface area contributed by atoms with Gasteiger partial charge in [0.2, 0.25) is 0 Å². The van der Waals surface area contributed by atoms with Crippen LogP contribution >= 0.6 is 15.9 Å². The largest absolute Gasteiger partial charge is 0.397 e. The summed E-state index contributed by atoms with van der Waals surface area (Å²) >= 11 is 3.30. The van der Waals surface area contributed by atoms with Crippen LogP contribution in [0.5, 0.6) is 0 Å². The van der Waals surface area contributed by atoms with Gasteiger partial charge in [0, 0.05) is 4.47 Å². The summed E-state index contributed by atoms with van der Waals surface area (Å²) in [6, 6.07) is 10.2. The molecule has 0 heterocycles. The zero-order valence-corrected chi connectivity index (χ0v) is 10.9. The molecule has 0 aromatic heterocycles. The predicted molar refractivity (Wildman–Crippen MR) is 73.0 cm³/mol. The summed E-state index contributed by atoms with van der Waals surface area (Å²) in [5, 5.41) is 3.17. The van der Waals surface area contributed by atoms with Gasteiger partial charge in [-0.3, -0.25) is 0 Å². The van der Waals surface area contributed by atoms with Crippen LogP contribution in [0.3, 0.4) is 0 Å². The third-order valence-corrected chi connectivity index (χ3v) is 3.18. The fraction of sp³-hybridized carbons (Fsp3) is 0.0769. The average molecular weight is 295 g/mol.